The summed E-state index contributed by atoms with van der Waals surface area (Å²) < 4.78 is 1.50. The number of carbonyl (C=O) groups excluding carboxylic acids is 3. The minimum absolute atomic E-state index is 0.0411. The quantitative estimate of drug-likeness (QED) is 0.675. The predicted molar refractivity (Wildman–Crippen MR) is 127 cm³/mol. The highest BCUT2D eigenvalue weighted by atomic mass is 16.2. The van der Waals surface area contributed by atoms with Gasteiger partial charge in [0.1, 0.15) is 12.6 Å². The highest BCUT2D eigenvalue weighted by Crippen LogP contribution is 2.48. The van der Waals surface area contributed by atoms with Crippen LogP contribution in [-0.2, 0) is 22.6 Å². The zero-order valence-corrected chi connectivity index (χ0v) is 20.2. The summed E-state index contributed by atoms with van der Waals surface area (Å²) >= 11 is 0. The van der Waals surface area contributed by atoms with E-state index in [4.69, 9.17) is 5.73 Å². The van der Waals surface area contributed by atoms with Crippen molar-refractivity contribution in [2.75, 3.05) is 0 Å². The molecule has 9 heteroatoms. The van der Waals surface area contributed by atoms with Crippen LogP contribution in [0.15, 0.2) is 12.3 Å². The number of nitrogens with one attached hydrogen (secondary N) is 1. The Labute approximate surface area is 199 Å². The molecule has 0 radical (unpaired) electrons. The van der Waals surface area contributed by atoms with Crippen LogP contribution in [0.3, 0.4) is 0 Å². The predicted octanol–water partition coefficient (Wildman–Crippen LogP) is 2.17. The van der Waals surface area contributed by atoms with E-state index < -0.39 is 11.9 Å². The number of hydrogen-bond acceptors (Lipinski definition) is 5. The Bertz CT molecular complexity index is 1150. The molecule has 2 aliphatic carbocycles. The van der Waals surface area contributed by atoms with Gasteiger partial charge in [-0.2, -0.15) is 5.10 Å². The smallest absolute Gasteiger partial charge is 0.269 e. The SMILES string of the molecule is CCc1cc2c(C(N)=O)nn(CC(=O)N3[C@@H]4C[C@@H]4C[C@H]3C(=O)N[C@@H]3CCCC(C)(C)C3)c2cn1. The number of nitrogens with zero attached hydrogens (tertiary/aromatic N) is 4. The second kappa shape index (κ2) is 8.36. The van der Waals surface area contributed by atoms with Crippen molar-refractivity contribution in [3.63, 3.8) is 0 Å². The lowest BCUT2D eigenvalue weighted by molar-refractivity contribution is -0.140. The maximum absolute atomic E-state index is 13.5. The molecule has 1 aliphatic heterocycles. The van der Waals surface area contributed by atoms with E-state index in [0.29, 0.717) is 29.7 Å². The van der Waals surface area contributed by atoms with Crippen LogP contribution >= 0.6 is 0 Å². The number of likely N-dealkylation sites (tertiary alicyclic amines) is 1. The van der Waals surface area contributed by atoms with Crippen molar-refractivity contribution in [1.82, 2.24) is 25.0 Å². The number of piperidine rings is 1. The second-order valence-electron chi connectivity index (χ2n) is 11.0. The molecular formula is C25H34N6O3. The van der Waals surface area contributed by atoms with Gasteiger partial charge in [-0.05, 0) is 55.9 Å². The Kier molecular flexibility index (Phi) is 5.61. The number of aromatic nitrogens is 3. The molecule has 9 nitrogen and oxygen atoms in total. The van der Waals surface area contributed by atoms with E-state index in [9.17, 15) is 14.4 Å². The third kappa shape index (κ3) is 4.16. The van der Waals surface area contributed by atoms with Gasteiger partial charge in [0.15, 0.2) is 5.69 Å². The van der Waals surface area contributed by atoms with Crippen LogP contribution in [0.5, 0.6) is 0 Å². The first-order chi connectivity index (χ1) is 16.2. The maximum Gasteiger partial charge on any atom is 0.269 e. The normalized spacial score (nSPS) is 27.4. The highest BCUT2D eigenvalue weighted by molar-refractivity contribution is 6.04. The first-order valence-electron chi connectivity index (χ1n) is 12.4. The minimum atomic E-state index is -0.638. The van der Waals surface area contributed by atoms with E-state index in [1.807, 2.05) is 6.92 Å². The average molecular weight is 467 g/mol. The molecule has 3 fully saturated rings. The second-order valence-corrected chi connectivity index (χ2v) is 11.0. The maximum atomic E-state index is 13.5. The topological polar surface area (TPSA) is 123 Å². The number of hydrogen-bond donors (Lipinski definition) is 2. The van der Waals surface area contributed by atoms with Gasteiger partial charge in [0.05, 0.1) is 11.7 Å². The summed E-state index contributed by atoms with van der Waals surface area (Å²) in [5, 5.41) is 8.19. The molecule has 3 N–H and O–H groups in total. The average Bonchev–Trinajstić information content (AvgIpc) is 3.28. The number of amides is 3. The zero-order valence-electron chi connectivity index (χ0n) is 20.2. The standard InChI is InChI=1S/C25H34N6O3/c1-4-15-10-17-20(12-27-15)30(29-22(17)23(26)33)13-21(32)31-18-8-14(18)9-19(31)24(34)28-16-6-5-7-25(2,3)11-16/h10,12,14,16,18-19H,4-9,11,13H2,1-3H3,(H2,26,33)(H,28,34)/t14-,16-,18-,19+/m1/s1. The van der Waals surface area contributed by atoms with Gasteiger partial charge >= 0.3 is 0 Å². The molecule has 3 heterocycles. The van der Waals surface area contributed by atoms with Gasteiger partial charge in [-0.15, -0.1) is 0 Å². The van der Waals surface area contributed by atoms with Crippen molar-refractivity contribution in [2.24, 2.45) is 17.1 Å². The number of pyridine rings is 1. The Morgan fingerprint density at radius 3 is 2.76 bits per heavy atom. The molecule has 2 aromatic heterocycles. The molecule has 4 atom stereocenters. The number of rotatable bonds is 6. The third-order valence-electron chi connectivity index (χ3n) is 7.82. The van der Waals surface area contributed by atoms with Crippen LogP contribution in [0.25, 0.3) is 10.9 Å². The summed E-state index contributed by atoms with van der Waals surface area (Å²) in [6, 6.07) is 1.65. The summed E-state index contributed by atoms with van der Waals surface area (Å²) in [5.41, 5.74) is 7.34. The lowest BCUT2D eigenvalue weighted by Gasteiger charge is -2.36. The first kappa shape index (κ1) is 22.8. The fourth-order valence-electron chi connectivity index (χ4n) is 5.99. The van der Waals surface area contributed by atoms with Crippen LogP contribution in [0.4, 0.5) is 0 Å². The first-order valence-corrected chi connectivity index (χ1v) is 12.4. The molecule has 1 saturated heterocycles. The highest BCUT2D eigenvalue weighted by Gasteiger charge is 2.56. The van der Waals surface area contributed by atoms with E-state index in [1.165, 1.54) is 11.1 Å². The summed E-state index contributed by atoms with van der Waals surface area (Å²) in [6.07, 6.45) is 8.25. The van der Waals surface area contributed by atoms with Crippen molar-refractivity contribution < 1.29 is 14.4 Å². The Morgan fingerprint density at radius 1 is 1.26 bits per heavy atom. The lowest BCUT2D eigenvalue weighted by atomic mass is 9.75. The van der Waals surface area contributed by atoms with Crippen molar-refractivity contribution in [3.8, 4) is 0 Å². The fourth-order valence-corrected chi connectivity index (χ4v) is 5.99. The van der Waals surface area contributed by atoms with Crippen molar-refractivity contribution in [1.29, 1.82) is 0 Å². The van der Waals surface area contributed by atoms with E-state index in [2.05, 4.69) is 29.2 Å². The molecule has 0 bridgehead atoms. The Morgan fingerprint density at radius 2 is 2.06 bits per heavy atom. The number of carbonyl (C=O) groups is 3. The number of primary amides is 1. The summed E-state index contributed by atoms with van der Waals surface area (Å²) in [4.78, 5) is 44.8. The minimum Gasteiger partial charge on any atom is -0.364 e. The fraction of sp³-hybridized carbons (Fsp3) is 0.640. The monoisotopic (exact) mass is 466 g/mol. The van der Waals surface area contributed by atoms with Crippen LogP contribution in [0, 0.1) is 11.3 Å². The summed E-state index contributed by atoms with van der Waals surface area (Å²) in [7, 11) is 0. The van der Waals surface area contributed by atoms with Gasteiger partial charge < -0.3 is 16.0 Å². The van der Waals surface area contributed by atoms with Crippen molar-refractivity contribution >= 4 is 28.6 Å². The molecule has 0 spiro atoms. The summed E-state index contributed by atoms with van der Waals surface area (Å²) in [6.45, 7) is 6.42. The largest absolute Gasteiger partial charge is 0.364 e. The summed E-state index contributed by atoms with van der Waals surface area (Å²) in [5.74, 6) is -0.442. The lowest BCUT2D eigenvalue weighted by Crippen LogP contribution is -2.52. The van der Waals surface area contributed by atoms with E-state index in [1.54, 1.807) is 17.2 Å². The van der Waals surface area contributed by atoms with E-state index in [0.717, 1.165) is 31.4 Å². The third-order valence-corrected chi connectivity index (χ3v) is 7.82. The zero-order chi connectivity index (χ0) is 24.2. The molecule has 182 valence electrons. The van der Waals surface area contributed by atoms with Gasteiger partial charge in [-0.3, -0.25) is 24.0 Å². The van der Waals surface area contributed by atoms with Crippen LogP contribution < -0.4 is 11.1 Å². The molecule has 3 aliphatic rings. The molecule has 3 amide bonds. The molecule has 2 saturated carbocycles. The molecule has 34 heavy (non-hydrogen) atoms. The number of fused-ring (bicyclic) bond motifs is 2. The van der Waals surface area contributed by atoms with E-state index in [-0.39, 0.29) is 41.6 Å². The molecule has 0 aromatic carbocycles. The number of aryl methyl sites for hydroxylation is 1. The molecule has 5 rings (SSSR count). The van der Waals surface area contributed by atoms with Gasteiger partial charge in [0.25, 0.3) is 5.91 Å². The molecular weight excluding hydrogens is 432 g/mol. The van der Waals surface area contributed by atoms with Crippen molar-refractivity contribution in [3.05, 3.63) is 23.7 Å². The molecule has 0 unspecified atom stereocenters. The van der Waals surface area contributed by atoms with Crippen LogP contribution in [0.1, 0.15) is 75.5 Å². The van der Waals surface area contributed by atoms with E-state index >= 15 is 0 Å². The Hall–Kier alpha value is -2.97. The molecule has 2 aromatic rings. The van der Waals surface area contributed by atoms with Gasteiger partial charge in [-0.1, -0.05) is 27.2 Å². The van der Waals surface area contributed by atoms with Gasteiger partial charge in [-0.25, -0.2) is 0 Å². The van der Waals surface area contributed by atoms with Crippen molar-refractivity contribution in [2.45, 2.75) is 90.4 Å². The Balaban J connectivity index is 1.34. The van der Waals surface area contributed by atoms with Gasteiger partial charge in [0, 0.05) is 23.2 Å². The van der Waals surface area contributed by atoms with Crippen LogP contribution in [-0.4, -0.2) is 55.5 Å². The van der Waals surface area contributed by atoms with Crippen LogP contribution in [0.2, 0.25) is 0 Å². The van der Waals surface area contributed by atoms with Gasteiger partial charge in [0.2, 0.25) is 11.8 Å². The number of nitrogens with two attached hydrogens (primary N) is 1.